The maximum atomic E-state index is 13.4. The highest BCUT2D eigenvalue weighted by Gasteiger charge is 2.26. The molecule has 0 bridgehead atoms. The van der Waals surface area contributed by atoms with Crippen molar-refractivity contribution in [2.75, 3.05) is 38.0 Å². The van der Waals surface area contributed by atoms with E-state index in [0.29, 0.717) is 49.0 Å². The molecule has 0 unspecified atom stereocenters. The van der Waals surface area contributed by atoms with Crippen LogP contribution in [0.4, 0.5) is 10.2 Å². The third-order valence-corrected chi connectivity index (χ3v) is 5.93. The number of hydrogen-bond donors (Lipinski definition) is 1. The first-order chi connectivity index (χ1) is 15.9. The van der Waals surface area contributed by atoms with Crippen LogP contribution in [0.3, 0.4) is 0 Å². The van der Waals surface area contributed by atoms with Gasteiger partial charge in [-0.15, -0.1) is 0 Å². The summed E-state index contributed by atoms with van der Waals surface area (Å²) in [5.74, 6) is -0.117. The van der Waals surface area contributed by atoms with Gasteiger partial charge in [-0.2, -0.15) is 5.26 Å². The third kappa shape index (κ3) is 4.52. The minimum absolute atomic E-state index is 0.125. The molecule has 33 heavy (non-hydrogen) atoms. The number of nitrogens with zero attached hydrogens (tertiary/aromatic N) is 4. The summed E-state index contributed by atoms with van der Waals surface area (Å²) >= 11 is 0. The van der Waals surface area contributed by atoms with Crippen LogP contribution in [0.25, 0.3) is 5.69 Å². The number of benzene rings is 1. The van der Waals surface area contributed by atoms with Crippen LogP contribution in [0.2, 0.25) is 0 Å². The Balaban J connectivity index is 1.45. The highest BCUT2D eigenvalue weighted by Crippen LogP contribution is 2.30. The van der Waals surface area contributed by atoms with E-state index in [4.69, 9.17) is 4.42 Å². The van der Waals surface area contributed by atoms with Crippen molar-refractivity contribution in [2.45, 2.75) is 13.8 Å². The second kappa shape index (κ2) is 9.30. The topological polar surface area (TPSA) is 94.5 Å². The van der Waals surface area contributed by atoms with E-state index in [1.165, 1.54) is 18.4 Å². The van der Waals surface area contributed by atoms with Gasteiger partial charge >= 0.3 is 0 Å². The van der Waals surface area contributed by atoms with Gasteiger partial charge in [0.25, 0.3) is 5.91 Å². The van der Waals surface area contributed by atoms with Crippen molar-refractivity contribution in [3.05, 3.63) is 71.1 Å². The van der Waals surface area contributed by atoms with Crippen molar-refractivity contribution in [1.29, 1.82) is 5.26 Å². The van der Waals surface area contributed by atoms with Crippen molar-refractivity contribution in [3.63, 3.8) is 0 Å². The molecule has 0 aliphatic carbocycles. The molecule has 9 heteroatoms. The molecule has 1 saturated heterocycles. The second-order valence-corrected chi connectivity index (χ2v) is 7.95. The molecule has 1 aliphatic rings. The number of rotatable bonds is 5. The van der Waals surface area contributed by atoms with E-state index in [1.54, 1.807) is 33.7 Å². The first-order valence-electron chi connectivity index (χ1n) is 10.6. The molecule has 8 nitrogen and oxygen atoms in total. The van der Waals surface area contributed by atoms with Crippen molar-refractivity contribution >= 4 is 17.6 Å². The lowest BCUT2D eigenvalue weighted by atomic mass is 10.2. The normalized spacial score (nSPS) is 14.2. The van der Waals surface area contributed by atoms with E-state index in [-0.39, 0.29) is 24.2 Å². The number of amides is 2. The monoisotopic (exact) mass is 449 g/mol. The fourth-order valence-corrected chi connectivity index (χ4v) is 4.01. The second-order valence-electron chi connectivity index (χ2n) is 7.95. The molecule has 1 N–H and O–H groups in total. The number of hydrogen-bond acceptors (Lipinski definition) is 5. The molecule has 0 spiro atoms. The van der Waals surface area contributed by atoms with Crippen LogP contribution in [-0.4, -0.2) is 58.9 Å². The highest BCUT2D eigenvalue weighted by molar-refractivity contribution is 5.94. The number of nitriles is 1. The Morgan fingerprint density at radius 3 is 2.42 bits per heavy atom. The van der Waals surface area contributed by atoms with Gasteiger partial charge in [0, 0.05) is 37.6 Å². The average Bonchev–Trinajstić information content (AvgIpc) is 3.42. The third-order valence-electron chi connectivity index (χ3n) is 5.93. The minimum Gasteiger partial charge on any atom is -0.459 e. The number of aromatic nitrogens is 1. The molecule has 1 aliphatic heterocycles. The number of halogens is 1. The molecule has 2 aromatic heterocycles. The number of anilines is 1. The van der Waals surface area contributed by atoms with Crippen LogP contribution in [0.5, 0.6) is 0 Å². The maximum absolute atomic E-state index is 13.4. The smallest absolute Gasteiger partial charge is 0.289 e. The number of piperazine rings is 1. The molecule has 3 aromatic rings. The summed E-state index contributed by atoms with van der Waals surface area (Å²) in [4.78, 5) is 28.9. The summed E-state index contributed by atoms with van der Waals surface area (Å²) in [5, 5.41) is 12.6. The van der Waals surface area contributed by atoms with E-state index >= 15 is 0 Å². The van der Waals surface area contributed by atoms with Gasteiger partial charge in [0.15, 0.2) is 5.76 Å². The number of nitrogens with one attached hydrogen (secondary N) is 1. The van der Waals surface area contributed by atoms with Gasteiger partial charge in [-0.3, -0.25) is 19.1 Å². The minimum atomic E-state index is -0.365. The zero-order chi connectivity index (χ0) is 23.5. The molecule has 1 aromatic carbocycles. The summed E-state index contributed by atoms with van der Waals surface area (Å²) in [6.07, 6.45) is 1.47. The molecule has 170 valence electrons. The predicted octanol–water partition coefficient (Wildman–Crippen LogP) is 3.09. The molecule has 1 fully saturated rings. The average molecular weight is 449 g/mol. The summed E-state index contributed by atoms with van der Waals surface area (Å²) in [5.41, 5.74) is 2.57. The zero-order valence-electron chi connectivity index (χ0n) is 18.5. The van der Waals surface area contributed by atoms with Crippen LogP contribution in [0.1, 0.15) is 27.4 Å². The number of carbonyl (C=O) groups is 2. The van der Waals surface area contributed by atoms with Gasteiger partial charge in [-0.05, 0) is 55.8 Å². The van der Waals surface area contributed by atoms with E-state index in [2.05, 4.69) is 11.4 Å². The first kappa shape index (κ1) is 22.3. The lowest BCUT2D eigenvalue weighted by molar-refractivity contribution is -0.117. The Kier molecular flexibility index (Phi) is 6.29. The van der Waals surface area contributed by atoms with E-state index < -0.39 is 0 Å². The van der Waals surface area contributed by atoms with E-state index in [0.717, 1.165) is 11.3 Å². The van der Waals surface area contributed by atoms with Gasteiger partial charge < -0.3 is 14.6 Å². The van der Waals surface area contributed by atoms with E-state index in [1.807, 2.05) is 18.7 Å². The quantitative estimate of drug-likeness (QED) is 0.646. The van der Waals surface area contributed by atoms with Gasteiger partial charge in [0.1, 0.15) is 17.7 Å². The first-order valence-corrected chi connectivity index (χ1v) is 10.6. The summed E-state index contributed by atoms with van der Waals surface area (Å²) in [6.45, 7) is 5.86. The summed E-state index contributed by atoms with van der Waals surface area (Å²) < 4.78 is 20.3. The molecular formula is C24H24FN5O3. The lowest BCUT2D eigenvalue weighted by Crippen LogP contribution is -2.50. The van der Waals surface area contributed by atoms with Gasteiger partial charge in [-0.1, -0.05) is 0 Å². The maximum Gasteiger partial charge on any atom is 0.289 e. The summed E-state index contributed by atoms with van der Waals surface area (Å²) in [6, 6.07) is 11.4. The van der Waals surface area contributed by atoms with Crippen LogP contribution in [0, 0.1) is 31.0 Å². The molecule has 4 rings (SSSR count). The largest absolute Gasteiger partial charge is 0.459 e. The molecule has 0 radical (unpaired) electrons. The fourth-order valence-electron chi connectivity index (χ4n) is 4.01. The standard InChI is InChI=1S/C24H24FN5O3/c1-16-17(2)30(19-7-5-18(25)6-8-19)23(20(16)14-26)27-22(31)15-28-9-11-29(12-10-28)24(32)21-4-3-13-33-21/h3-8,13H,9-12,15H2,1-2H3,(H,27,31). The molecular weight excluding hydrogens is 425 g/mol. The molecule has 3 heterocycles. The lowest BCUT2D eigenvalue weighted by Gasteiger charge is -2.33. The van der Waals surface area contributed by atoms with Crippen molar-refractivity contribution in [1.82, 2.24) is 14.4 Å². The van der Waals surface area contributed by atoms with Crippen LogP contribution >= 0.6 is 0 Å². The fraction of sp³-hybridized carbons (Fsp3) is 0.292. The highest BCUT2D eigenvalue weighted by atomic mass is 19.1. The Morgan fingerprint density at radius 2 is 1.82 bits per heavy atom. The SMILES string of the molecule is Cc1c(C#N)c(NC(=O)CN2CCN(C(=O)c3ccco3)CC2)n(-c2ccc(F)cc2)c1C. The van der Waals surface area contributed by atoms with Crippen LogP contribution < -0.4 is 5.32 Å². The Bertz CT molecular complexity index is 1200. The van der Waals surface area contributed by atoms with Crippen molar-refractivity contribution in [3.8, 4) is 11.8 Å². The Labute approximate surface area is 190 Å². The van der Waals surface area contributed by atoms with Gasteiger partial charge in [0.05, 0.1) is 18.4 Å². The van der Waals surface area contributed by atoms with Crippen molar-refractivity contribution < 1.29 is 18.4 Å². The Hall–Kier alpha value is -3.90. The van der Waals surface area contributed by atoms with Crippen LogP contribution in [0.15, 0.2) is 47.1 Å². The molecule has 0 atom stereocenters. The summed E-state index contributed by atoms with van der Waals surface area (Å²) in [7, 11) is 0. The van der Waals surface area contributed by atoms with Gasteiger partial charge in [-0.25, -0.2) is 4.39 Å². The molecule has 0 saturated carbocycles. The van der Waals surface area contributed by atoms with E-state index in [9.17, 15) is 19.2 Å². The predicted molar refractivity (Wildman–Crippen MR) is 120 cm³/mol. The Morgan fingerprint density at radius 1 is 1.12 bits per heavy atom. The van der Waals surface area contributed by atoms with Crippen molar-refractivity contribution in [2.24, 2.45) is 0 Å². The number of furan rings is 1. The molecule has 2 amide bonds. The van der Waals surface area contributed by atoms with Crippen LogP contribution in [-0.2, 0) is 4.79 Å². The zero-order valence-corrected chi connectivity index (χ0v) is 18.5. The number of carbonyl (C=O) groups excluding carboxylic acids is 2. The van der Waals surface area contributed by atoms with Gasteiger partial charge in [0.2, 0.25) is 5.91 Å².